The number of fused-ring (bicyclic) bond motifs is 1. The van der Waals surface area contributed by atoms with Gasteiger partial charge >= 0.3 is 0 Å². The van der Waals surface area contributed by atoms with E-state index >= 15 is 0 Å². The number of benzene rings is 3. The molecule has 75 heavy (non-hydrogen) atoms. The van der Waals surface area contributed by atoms with E-state index in [0.29, 0.717) is 24.0 Å². The first-order valence-electron chi connectivity index (χ1n) is 24.8. The molecule has 0 aliphatic heterocycles. The Morgan fingerprint density at radius 1 is 0.707 bits per heavy atom. The predicted molar refractivity (Wildman–Crippen MR) is 289 cm³/mol. The lowest BCUT2D eigenvalue weighted by Crippen LogP contribution is -2.67. The van der Waals surface area contributed by atoms with Crippen LogP contribution in [0.2, 0.25) is 0 Å². The lowest BCUT2D eigenvalue weighted by Gasteiger charge is -2.36. The summed E-state index contributed by atoms with van der Waals surface area (Å²) in [5.74, 6) is -6.57. The first-order chi connectivity index (χ1) is 35.5. The number of amides is 8. The van der Waals surface area contributed by atoms with Gasteiger partial charge in [-0.2, -0.15) is 25.3 Å². The molecule has 0 saturated heterocycles. The third kappa shape index (κ3) is 16.7. The average molecular weight is 1070 g/mol. The molecule has 406 valence electrons. The molecule has 4 aromatic rings. The number of aromatic hydroxyl groups is 1. The van der Waals surface area contributed by atoms with Gasteiger partial charge in [0.25, 0.3) is 0 Å². The second kappa shape index (κ2) is 27.2. The van der Waals surface area contributed by atoms with Crippen LogP contribution in [-0.4, -0.2) is 133 Å². The first-order valence-corrected chi connectivity index (χ1v) is 25.9. The van der Waals surface area contributed by atoms with Crippen LogP contribution >= 0.6 is 25.3 Å². The van der Waals surface area contributed by atoms with Crippen LogP contribution in [0.1, 0.15) is 76.0 Å². The summed E-state index contributed by atoms with van der Waals surface area (Å²) in [5.41, 5.74) is 18.7. The number of nitrogens with two attached hydrogens (primary N) is 3. The maximum Gasteiger partial charge on any atom is 0.246 e. The molecule has 5 rings (SSSR count). The van der Waals surface area contributed by atoms with Gasteiger partial charge in [0.15, 0.2) is 0 Å². The molecule has 0 bridgehead atoms. The highest BCUT2D eigenvalue weighted by molar-refractivity contribution is 7.81. The van der Waals surface area contributed by atoms with Crippen LogP contribution in [0.25, 0.3) is 10.9 Å². The topological polar surface area (TPSA) is 355 Å². The molecule has 1 heterocycles. The Bertz CT molecular complexity index is 2620. The van der Waals surface area contributed by atoms with Gasteiger partial charge in [-0.3, -0.25) is 38.4 Å². The number of aromatic amines is 1. The molecule has 23 heteroatoms. The molecule has 0 radical (unpaired) electrons. The van der Waals surface area contributed by atoms with Crippen LogP contribution in [-0.2, 0) is 57.6 Å². The van der Waals surface area contributed by atoms with E-state index in [0.717, 1.165) is 16.5 Å². The number of hydrogen-bond donors (Lipinski definition) is 15. The van der Waals surface area contributed by atoms with E-state index in [1.807, 2.05) is 54.6 Å². The molecule has 8 atom stereocenters. The molecule has 3 aromatic carbocycles. The summed E-state index contributed by atoms with van der Waals surface area (Å²) in [5, 5.41) is 39.8. The highest BCUT2D eigenvalue weighted by atomic mass is 32.1. The van der Waals surface area contributed by atoms with Gasteiger partial charge in [0.2, 0.25) is 47.3 Å². The molecular weight excluding hydrogens is 1000 g/mol. The number of H-pyrrole nitrogens is 1. The number of carbonyl (C=O) groups is 8. The van der Waals surface area contributed by atoms with Crippen molar-refractivity contribution in [1.82, 2.24) is 42.2 Å². The number of para-hydroxylation sites is 1. The zero-order valence-electron chi connectivity index (χ0n) is 42.3. The van der Waals surface area contributed by atoms with Gasteiger partial charge in [-0.05, 0) is 94.3 Å². The summed E-state index contributed by atoms with van der Waals surface area (Å²) in [6.45, 7) is 4.50. The average Bonchev–Trinajstić information content (AvgIpc) is 4.02. The van der Waals surface area contributed by atoms with Crippen LogP contribution < -0.4 is 54.4 Å². The number of aliphatic hydroxyl groups excluding tert-OH is 1. The smallest absolute Gasteiger partial charge is 0.246 e. The maximum absolute atomic E-state index is 14.8. The van der Waals surface area contributed by atoms with E-state index < -0.39 is 106 Å². The summed E-state index contributed by atoms with van der Waals surface area (Å²) < 4.78 is -1.24. The van der Waals surface area contributed by atoms with Crippen LogP contribution in [0.5, 0.6) is 5.75 Å². The van der Waals surface area contributed by atoms with E-state index in [9.17, 15) is 48.6 Å². The standard InChI is InChI=1S/C52H71N11O10S2/c1-29(64)41(43(55)66)61-49(72)42(51(2,3)75)62-50(73)52(21-9-10-22-52)63-48(71)37(16-11-23-53)57-46(69)39(26-32-27-56-36-15-8-7-14-34(32)36)59-45(68)38(25-31-17-19-33(65)20-18-31)58-47(70)40(28-74)60-44(67)35(54)24-30-12-5-4-6-13-30/h4-8,12-15,17-20,27,29,35,37-42,56,64-65,74-75H,9-11,16,21-26,28,53-54H2,1-3H3,(H2,55,66)(H,57,69)(H,58,70)(H,59,68)(H,60,67)(H,61,72)(H,62,73)(H,63,71)/t29-,35-,37+,38+,39-,40+,41+,42+/m1/s1. The Kier molecular flexibility index (Phi) is 21.5. The molecule has 16 N–H and O–H groups in total. The SMILES string of the molecule is C[C@@H](O)[C@H](NC(=O)[C@H](NC(=O)C1(NC(=O)[C@H](CCCN)NC(=O)[C@@H](Cc2c[nH]c3ccccc23)NC(=O)[C@H](Cc2ccc(O)cc2)NC(=O)[C@H](CS)NC(=O)[C@H](N)Cc2ccccc2)CCCC1)C(C)(C)S)C(N)=O. The Labute approximate surface area is 446 Å². The third-order valence-electron chi connectivity index (χ3n) is 13.1. The number of phenols is 1. The molecular formula is C52H71N11O10S2. The van der Waals surface area contributed by atoms with E-state index in [-0.39, 0.29) is 63.0 Å². The second-order valence-electron chi connectivity index (χ2n) is 19.6. The Morgan fingerprint density at radius 3 is 1.85 bits per heavy atom. The van der Waals surface area contributed by atoms with Crippen LogP contribution in [0.4, 0.5) is 0 Å². The van der Waals surface area contributed by atoms with Crippen molar-refractivity contribution >= 4 is 83.4 Å². The first kappa shape index (κ1) is 59.2. The number of rotatable bonds is 27. The van der Waals surface area contributed by atoms with Crippen molar-refractivity contribution in [3.8, 4) is 5.75 Å². The van der Waals surface area contributed by atoms with Gasteiger partial charge < -0.3 is 69.6 Å². The maximum atomic E-state index is 14.8. The number of aliphatic hydroxyl groups is 1. The molecule has 21 nitrogen and oxygen atoms in total. The summed E-state index contributed by atoms with van der Waals surface area (Å²) in [4.78, 5) is 114. The van der Waals surface area contributed by atoms with Gasteiger partial charge in [-0.15, -0.1) is 0 Å². The molecule has 1 aliphatic carbocycles. The fourth-order valence-corrected chi connectivity index (χ4v) is 9.30. The molecule has 1 saturated carbocycles. The Morgan fingerprint density at radius 2 is 1.27 bits per heavy atom. The largest absolute Gasteiger partial charge is 0.508 e. The van der Waals surface area contributed by atoms with Crippen molar-refractivity contribution in [2.45, 2.75) is 137 Å². The monoisotopic (exact) mass is 1070 g/mol. The summed E-state index contributed by atoms with van der Waals surface area (Å²) in [6, 6.07) is 13.1. The van der Waals surface area contributed by atoms with Crippen LogP contribution in [0.3, 0.4) is 0 Å². The number of thiol groups is 2. The molecule has 0 unspecified atom stereocenters. The van der Waals surface area contributed by atoms with Crippen molar-refractivity contribution < 1.29 is 48.6 Å². The highest BCUT2D eigenvalue weighted by Gasteiger charge is 2.47. The number of primary amides is 1. The number of carbonyl (C=O) groups excluding carboxylic acids is 8. The van der Waals surface area contributed by atoms with Gasteiger partial charge in [0.05, 0.1) is 12.1 Å². The fraction of sp³-hybridized carbons (Fsp3) is 0.462. The number of nitrogens with one attached hydrogen (secondary N) is 8. The van der Waals surface area contributed by atoms with Gasteiger partial charge in [0, 0.05) is 40.4 Å². The second-order valence-corrected chi connectivity index (χ2v) is 21.1. The van der Waals surface area contributed by atoms with Gasteiger partial charge in [-0.25, -0.2) is 0 Å². The molecule has 8 amide bonds. The summed E-state index contributed by atoms with van der Waals surface area (Å²) in [7, 11) is 0. The number of aromatic nitrogens is 1. The van der Waals surface area contributed by atoms with Gasteiger partial charge in [0.1, 0.15) is 47.5 Å². The quantitative estimate of drug-likeness (QED) is 0.0346. The summed E-state index contributed by atoms with van der Waals surface area (Å²) in [6.07, 6.45) is 1.88. The molecule has 0 spiro atoms. The predicted octanol–water partition coefficient (Wildman–Crippen LogP) is -0.190. The van der Waals surface area contributed by atoms with Crippen molar-refractivity contribution in [3.63, 3.8) is 0 Å². The third-order valence-corrected chi connectivity index (χ3v) is 13.7. The van der Waals surface area contributed by atoms with E-state index in [2.05, 4.69) is 67.5 Å². The molecule has 1 aromatic heterocycles. The fourth-order valence-electron chi connectivity index (χ4n) is 8.86. The lowest BCUT2D eigenvalue weighted by atomic mass is 9.92. The van der Waals surface area contributed by atoms with Crippen molar-refractivity contribution in [1.29, 1.82) is 0 Å². The molecule has 1 fully saturated rings. The lowest BCUT2D eigenvalue weighted by molar-refractivity contribution is -0.138. The van der Waals surface area contributed by atoms with E-state index in [1.165, 1.54) is 19.1 Å². The minimum Gasteiger partial charge on any atom is -0.508 e. The minimum atomic E-state index is -1.57. The van der Waals surface area contributed by atoms with E-state index in [4.69, 9.17) is 17.2 Å². The normalized spacial score (nSPS) is 16.4. The molecule has 1 aliphatic rings. The van der Waals surface area contributed by atoms with Crippen molar-refractivity contribution in [2.75, 3.05) is 12.3 Å². The zero-order valence-corrected chi connectivity index (χ0v) is 44.1. The van der Waals surface area contributed by atoms with Crippen molar-refractivity contribution in [2.24, 2.45) is 17.2 Å². The van der Waals surface area contributed by atoms with Gasteiger partial charge in [-0.1, -0.05) is 73.5 Å². The zero-order chi connectivity index (χ0) is 55.0. The summed E-state index contributed by atoms with van der Waals surface area (Å²) >= 11 is 8.87. The van der Waals surface area contributed by atoms with Crippen molar-refractivity contribution in [3.05, 3.63) is 102 Å². The van der Waals surface area contributed by atoms with Crippen LogP contribution in [0, 0.1) is 0 Å². The minimum absolute atomic E-state index is 0.00739. The highest BCUT2D eigenvalue weighted by Crippen LogP contribution is 2.31. The van der Waals surface area contributed by atoms with E-state index in [1.54, 1.807) is 32.2 Å². The number of hydrogen-bond acceptors (Lipinski definition) is 14. The number of phenolic OH excluding ortho intramolecular Hbond substituents is 1. The Hall–Kier alpha value is -6.66. The Balaban J connectivity index is 1.42. The van der Waals surface area contributed by atoms with Crippen LogP contribution in [0.15, 0.2) is 85.1 Å².